The van der Waals surface area contributed by atoms with Gasteiger partial charge in [0.05, 0.1) is 4.88 Å². The summed E-state index contributed by atoms with van der Waals surface area (Å²) >= 11 is 1.43. The van der Waals surface area contributed by atoms with Crippen LogP contribution in [0.2, 0.25) is 0 Å². The molecule has 0 fully saturated rings. The number of halogens is 1. The number of benzene rings is 3. The first-order chi connectivity index (χ1) is 22.4. The van der Waals surface area contributed by atoms with Gasteiger partial charge in [0.15, 0.2) is 11.6 Å². The van der Waals surface area contributed by atoms with Gasteiger partial charge < -0.3 is 10.4 Å². The molecule has 2 N–H and O–H groups in total. The van der Waals surface area contributed by atoms with Crippen molar-refractivity contribution in [3.63, 3.8) is 0 Å². The monoisotopic (exact) mass is 649 g/mol. The molecule has 0 saturated carbocycles. The molecule has 0 spiro atoms. The highest BCUT2D eigenvalue weighted by atomic mass is 32.1. The molecule has 2 aromatic heterocycles. The summed E-state index contributed by atoms with van der Waals surface area (Å²) < 4.78 is 13.3. The fourth-order valence-electron chi connectivity index (χ4n) is 5.06. The van der Waals surface area contributed by atoms with Crippen molar-refractivity contribution in [1.82, 2.24) is 15.3 Å². The molecule has 0 aliphatic heterocycles. The largest absolute Gasteiger partial charge is 0.480 e. The zero-order valence-electron chi connectivity index (χ0n) is 26.7. The number of carbonyl (C=O) groups excluding carboxylic acids is 2. The number of hydrogen-bond acceptors (Lipinski definition) is 6. The lowest BCUT2D eigenvalue weighted by atomic mass is 9.92. The Morgan fingerprint density at radius 2 is 1.32 bits per heavy atom. The van der Waals surface area contributed by atoms with Crippen LogP contribution in [0.4, 0.5) is 4.39 Å². The Labute approximate surface area is 277 Å². The van der Waals surface area contributed by atoms with Crippen molar-refractivity contribution < 1.29 is 23.9 Å². The first-order valence-electron chi connectivity index (χ1n) is 15.3. The van der Waals surface area contributed by atoms with E-state index in [4.69, 9.17) is 0 Å². The third-order valence-electron chi connectivity index (χ3n) is 7.89. The zero-order chi connectivity index (χ0) is 33.7. The van der Waals surface area contributed by atoms with E-state index in [0.717, 1.165) is 38.3 Å². The van der Waals surface area contributed by atoms with Gasteiger partial charge in [0, 0.05) is 40.7 Å². The number of nitrogens with one attached hydrogen (secondary N) is 1. The van der Waals surface area contributed by atoms with Gasteiger partial charge in [-0.3, -0.25) is 14.4 Å². The van der Waals surface area contributed by atoms with Gasteiger partial charge in [-0.2, -0.15) is 0 Å². The second-order valence-electron chi connectivity index (χ2n) is 12.6. The van der Waals surface area contributed by atoms with Gasteiger partial charge in [0.25, 0.3) is 0 Å². The van der Waals surface area contributed by atoms with E-state index in [1.165, 1.54) is 30.4 Å². The standard InChI is InChI=1S/C38H36FN3O4S/c1-23(37(45)46)42-36(44)29(20-32(43)33-17-18-34(47-33)38(2,3)4)19-24-5-7-28(8-6-24)35-40-21-30(22-41-35)27-11-9-25(10-12-27)26-13-15-31(39)16-14-26/h5-18,21-23,29H,19-20H2,1-4H3,(H,42,44)(H,45,46)/t23-,29-/m1/s1. The van der Waals surface area contributed by atoms with Crippen molar-refractivity contribution in [2.45, 2.75) is 52.0 Å². The first-order valence-corrected chi connectivity index (χ1v) is 16.1. The number of aromatic nitrogens is 2. The molecule has 1 amide bonds. The Balaban J connectivity index is 1.28. The van der Waals surface area contributed by atoms with Gasteiger partial charge in [-0.05, 0) is 65.3 Å². The number of rotatable bonds is 11. The first kappa shape index (κ1) is 33.3. The molecule has 47 heavy (non-hydrogen) atoms. The van der Waals surface area contributed by atoms with Crippen LogP contribution in [0.25, 0.3) is 33.6 Å². The van der Waals surface area contributed by atoms with Crippen molar-refractivity contribution >= 4 is 29.0 Å². The summed E-state index contributed by atoms with van der Waals surface area (Å²) in [7, 11) is 0. The SMILES string of the molecule is C[C@@H](NC(=O)[C@@H](CC(=O)c1ccc(C(C)(C)C)s1)Cc1ccc(-c2ncc(-c3ccc(-c4ccc(F)cc4)cc3)cn2)cc1)C(=O)O. The predicted molar refractivity (Wildman–Crippen MR) is 183 cm³/mol. The lowest BCUT2D eigenvalue weighted by molar-refractivity contribution is -0.141. The predicted octanol–water partition coefficient (Wildman–Crippen LogP) is 8.00. The van der Waals surface area contributed by atoms with E-state index < -0.39 is 23.8 Å². The fourth-order valence-corrected chi connectivity index (χ4v) is 6.08. The lowest BCUT2D eigenvalue weighted by Crippen LogP contribution is -2.42. The summed E-state index contributed by atoms with van der Waals surface area (Å²) in [5, 5.41) is 11.9. The van der Waals surface area contributed by atoms with Crippen LogP contribution < -0.4 is 5.32 Å². The fraction of sp³-hybridized carbons (Fsp3) is 0.237. The Hall–Kier alpha value is -5.02. The maximum absolute atomic E-state index is 13.3. The van der Waals surface area contributed by atoms with E-state index in [0.29, 0.717) is 10.7 Å². The van der Waals surface area contributed by atoms with Crippen LogP contribution in [-0.2, 0) is 21.4 Å². The quantitative estimate of drug-likeness (QED) is 0.140. The minimum Gasteiger partial charge on any atom is -0.480 e. The van der Waals surface area contributed by atoms with Crippen molar-refractivity contribution in [2.24, 2.45) is 5.92 Å². The van der Waals surface area contributed by atoms with Crippen LogP contribution in [0.3, 0.4) is 0 Å². The number of Topliss-reactive ketones (excluding diaryl/α,β-unsaturated/α-hetero) is 1. The number of thiophene rings is 1. The van der Waals surface area contributed by atoms with Gasteiger partial charge in [-0.25, -0.2) is 14.4 Å². The molecule has 0 aliphatic rings. The number of carboxylic acids is 1. The van der Waals surface area contributed by atoms with Crippen LogP contribution in [0, 0.1) is 11.7 Å². The molecule has 2 heterocycles. The third-order valence-corrected chi connectivity index (χ3v) is 9.45. The minimum absolute atomic E-state index is 0.0422. The molecule has 0 unspecified atom stereocenters. The highest BCUT2D eigenvalue weighted by molar-refractivity contribution is 7.14. The molecule has 7 nitrogen and oxygen atoms in total. The summed E-state index contributed by atoms with van der Waals surface area (Å²) in [4.78, 5) is 48.6. The van der Waals surface area contributed by atoms with E-state index in [1.807, 2.05) is 54.6 Å². The van der Waals surface area contributed by atoms with E-state index >= 15 is 0 Å². The third kappa shape index (κ3) is 8.42. The molecule has 240 valence electrons. The van der Waals surface area contributed by atoms with Gasteiger partial charge >= 0.3 is 5.97 Å². The minimum atomic E-state index is -1.14. The number of carboxylic acid groups (broad SMARTS) is 1. The highest BCUT2D eigenvalue weighted by Gasteiger charge is 2.27. The molecule has 0 radical (unpaired) electrons. The number of amides is 1. The van der Waals surface area contributed by atoms with Crippen LogP contribution >= 0.6 is 11.3 Å². The molecule has 5 rings (SSSR count). The average molecular weight is 650 g/mol. The number of ketones is 1. The molecule has 9 heteroatoms. The van der Waals surface area contributed by atoms with Crippen molar-refractivity contribution in [1.29, 1.82) is 0 Å². The second-order valence-corrected chi connectivity index (χ2v) is 13.7. The zero-order valence-corrected chi connectivity index (χ0v) is 27.5. The summed E-state index contributed by atoms with van der Waals surface area (Å²) in [5.74, 6) is -2.25. The summed E-state index contributed by atoms with van der Waals surface area (Å²) in [6.07, 6.45) is 3.73. The Kier molecular flexibility index (Phi) is 10.1. The van der Waals surface area contributed by atoms with Crippen molar-refractivity contribution in [3.8, 4) is 33.6 Å². The van der Waals surface area contributed by atoms with E-state index in [1.54, 1.807) is 30.6 Å². The number of carbonyl (C=O) groups is 3. The van der Waals surface area contributed by atoms with Crippen LogP contribution in [0.1, 0.15) is 54.2 Å². The Bertz CT molecular complexity index is 1860. The molecule has 2 atom stereocenters. The van der Waals surface area contributed by atoms with Gasteiger partial charge in [0.2, 0.25) is 5.91 Å². The van der Waals surface area contributed by atoms with E-state index in [2.05, 4.69) is 36.1 Å². The molecule has 0 bridgehead atoms. The smallest absolute Gasteiger partial charge is 0.325 e. The topological polar surface area (TPSA) is 109 Å². The van der Waals surface area contributed by atoms with Crippen LogP contribution in [-0.4, -0.2) is 38.8 Å². The van der Waals surface area contributed by atoms with E-state index in [9.17, 15) is 23.9 Å². The van der Waals surface area contributed by atoms with Crippen LogP contribution in [0.5, 0.6) is 0 Å². The van der Waals surface area contributed by atoms with Crippen molar-refractivity contribution in [2.75, 3.05) is 0 Å². The summed E-state index contributed by atoms with van der Waals surface area (Å²) in [6.45, 7) is 7.64. The number of aliphatic carboxylic acids is 1. The van der Waals surface area contributed by atoms with Crippen LogP contribution in [0.15, 0.2) is 97.3 Å². The normalized spacial score (nSPS) is 12.7. The molecular weight excluding hydrogens is 614 g/mol. The molecular formula is C38H36FN3O4S. The Morgan fingerprint density at radius 3 is 1.85 bits per heavy atom. The van der Waals surface area contributed by atoms with Gasteiger partial charge in [-0.1, -0.05) is 81.4 Å². The molecule has 0 aliphatic carbocycles. The van der Waals surface area contributed by atoms with Gasteiger partial charge in [0.1, 0.15) is 11.9 Å². The average Bonchev–Trinajstić information content (AvgIpc) is 3.57. The summed E-state index contributed by atoms with van der Waals surface area (Å²) in [6, 6.07) is 24.4. The lowest BCUT2D eigenvalue weighted by Gasteiger charge is -2.18. The van der Waals surface area contributed by atoms with Crippen molar-refractivity contribution in [3.05, 3.63) is 118 Å². The number of hydrogen-bond donors (Lipinski definition) is 2. The van der Waals surface area contributed by atoms with Gasteiger partial charge in [-0.15, -0.1) is 11.3 Å². The molecule has 5 aromatic rings. The number of nitrogens with zero attached hydrogens (tertiary/aromatic N) is 2. The Morgan fingerprint density at radius 1 is 0.787 bits per heavy atom. The molecule has 3 aromatic carbocycles. The van der Waals surface area contributed by atoms with E-state index in [-0.39, 0.29) is 29.9 Å². The maximum atomic E-state index is 13.3. The molecule has 0 saturated heterocycles. The highest BCUT2D eigenvalue weighted by Crippen LogP contribution is 2.31. The summed E-state index contributed by atoms with van der Waals surface area (Å²) in [5.41, 5.74) is 5.23. The maximum Gasteiger partial charge on any atom is 0.325 e. The second kappa shape index (κ2) is 14.2.